The molecule has 4 aromatic rings. The number of aliphatic carboxylic acids is 1. The summed E-state index contributed by atoms with van der Waals surface area (Å²) in [5.41, 5.74) is 5.26. The topological polar surface area (TPSA) is 96.3 Å². The van der Waals surface area contributed by atoms with Crippen LogP contribution in [0.25, 0.3) is 21.7 Å². The van der Waals surface area contributed by atoms with Crippen LogP contribution in [-0.2, 0) is 22.6 Å². The quantitative estimate of drug-likeness (QED) is 0.363. The van der Waals surface area contributed by atoms with E-state index >= 15 is 0 Å². The fourth-order valence-corrected chi connectivity index (χ4v) is 4.65. The number of fused-ring (bicyclic) bond motifs is 1. The van der Waals surface area contributed by atoms with Gasteiger partial charge in [0.05, 0.1) is 28.0 Å². The summed E-state index contributed by atoms with van der Waals surface area (Å²) < 4.78 is 0. The van der Waals surface area contributed by atoms with E-state index in [1.54, 1.807) is 23.7 Å². The molecule has 2 aromatic carbocycles. The average Bonchev–Trinajstić information content (AvgIpc) is 3.31. The van der Waals surface area contributed by atoms with E-state index < -0.39 is 12.0 Å². The van der Waals surface area contributed by atoms with Gasteiger partial charge in [-0.05, 0) is 24.1 Å². The molecule has 5 rings (SSSR count). The monoisotopic (exact) mass is 502 g/mol. The summed E-state index contributed by atoms with van der Waals surface area (Å²) in [4.78, 5) is 28.8. The van der Waals surface area contributed by atoms with E-state index in [-0.39, 0.29) is 0 Å². The molecule has 2 aromatic heterocycles. The summed E-state index contributed by atoms with van der Waals surface area (Å²) in [5, 5.41) is 17.8. The molecule has 36 heavy (non-hydrogen) atoms. The molecule has 0 fully saturated rings. The number of carbonyl (C=O) groups excluding carboxylic acids is 1. The molecule has 0 unspecified atom stereocenters. The van der Waals surface area contributed by atoms with Gasteiger partial charge in [-0.2, -0.15) is 10.2 Å². The molecular formula is C28H30N4O3S. The van der Waals surface area contributed by atoms with Crippen molar-refractivity contribution >= 4 is 23.7 Å². The molecule has 8 heteroatoms. The molecule has 186 valence electrons. The molecule has 7 nitrogen and oxygen atoms in total. The minimum absolute atomic E-state index is 0.386. The summed E-state index contributed by atoms with van der Waals surface area (Å²) in [6.45, 7) is 6.66. The highest BCUT2D eigenvalue weighted by Gasteiger charge is 2.30. The third-order valence-corrected chi connectivity index (χ3v) is 6.35. The lowest BCUT2D eigenvalue weighted by molar-refractivity contribution is -0.147. The molecule has 0 radical (unpaired) electrons. The zero-order valence-corrected chi connectivity index (χ0v) is 21.5. The first kappa shape index (κ1) is 26.7. The Bertz CT molecular complexity index is 1210. The SMILES string of the molecule is CCC.Cc1nc(-c2ccccc2)c(-c2ccnnc2)s1.O=CN1Cc2ccccc2C[C@H]1C(=O)O. The Balaban J connectivity index is 0.000000184. The Hall–Kier alpha value is -3.91. The maximum absolute atomic E-state index is 10.9. The average molecular weight is 503 g/mol. The molecule has 0 saturated heterocycles. The van der Waals surface area contributed by atoms with Crippen molar-refractivity contribution in [2.24, 2.45) is 0 Å². The first-order valence-electron chi connectivity index (χ1n) is 11.8. The van der Waals surface area contributed by atoms with Crippen molar-refractivity contribution in [1.82, 2.24) is 20.1 Å². The first-order valence-corrected chi connectivity index (χ1v) is 12.6. The van der Waals surface area contributed by atoms with E-state index in [0.717, 1.165) is 37.8 Å². The van der Waals surface area contributed by atoms with Crippen LogP contribution in [0.4, 0.5) is 0 Å². The van der Waals surface area contributed by atoms with Gasteiger partial charge in [-0.3, -0.25) is 4.79 Å². The van der Waals surface area contributed by atoms with Gasteiger partial charge in [0.15, 0.2) is 0 Å². The molecule has 1 amide bonds. The number of hydrogen-bond donors (Lipinski definition) is 1. The molecule has 0 bridgehead atoms. The largest absolute Gasteiger partial charge is 0.480 e. The van der Waals surface area contributed by atoms with Gasteiger partial charge >= 0.3 is 5.97 Å². The number of aryl methyl sites for hydroxylation is 1. The zero-order chi connectivity index (χ0) is 25.9. The van der Waals surface area contributed by atoms with E-state index in [1.165, 1.54) is 11.3 Å². The van der Waals surface area contributed by atoms with Gasteiger partial charge in [-0.25, -0.2) is 9.78 Å². The highest BCUT2D eigenvalue weighted by atomic mass is 32.1. The Labute approximate surface area is 215 Å². The molecule has 0 saturated carbocycles. The maximum atomic E-state index is 10.9. The second-order valence-corrected chi connectivity index (χ2v) is 9.42. The Morgan fingerprint density at radius 2 is 1.69 bits per heavy atom. The van der Waals surface area contributed by atoms with Crippen molar-refractivity contribution in [1.29, 1.82) is 0 Å². The van der Waals surface area contributed by atoms with Gasteiger partial charge < -0.3 is 10.0 Å². The minimum atomic E-state index is -0.948. The smallest absolute Gasteiger partial charge is 0.326 e. The lowest BCUT2D eigenvalue weighted by Crippen LogP contribution is -2.44. The number of carboxylic acids is 1. The van der Waals surface area contributed by atoms with Crippen LogP contribution in [-0.4, -0.2) is 43.6 Å². The number of amides is 1. The molecule has 0 spiro atoms. The number of thiazole rings is 1. The third-order valence-electron chi connectivity index (χ3n) is 5.33. The van der Waals surface area contributed by atoms with Crippen LogP contribution in [0.1, 0.15) is 36.4 Å². The summed E-state index contributed by atoms with van der Waals surface area (Å²) in [6, 6.07) is 19.1. The Morgan fingerprint density at radius 1 is 1.03 bits per heavy atom. The van der Waals surface area contributed by atoms with Crippen molar-refractivity contribution in [3.63, 3.8) is 0 Å². The van der Waals surface area contributed by atoms with Gasteiger partial charge in [0.1, 0.15) is 6.04 Å². The van der Waals surface area contributed by atoms with Crippen LogP contribution in [0.15, 0.2) is 73.1 Å². The first-order chi connectivity index (χ1) is 17.5. The van der Waals surface area contributed by atoms with Gasteiger partial charge in [-0.15, -0.1) is 11.3 Å². The van der Waals surface area contributed by atoms with Crippen LogP contribution in [0.2, 0.25) is 0 Å². The fourth-order valence-electron chi connectivity index (χ4n) is 3.72. The van der Waals surface area contributed by atoms with Crippen molar-refractivity contribution in [3.05, 3.63) is 89.2 Å². The zero-order valence-electron chi connectivity index (χ0n) is 20.7. The van der Waals surface area contributed by atoms with Crippen LogP contribution in [0.3, 0.4) is 0 Å². The van der Waals surface area contributed by atoms with E-state index in [4.69, 9.17) is 5.11 Å². The number of rotatable bonds is 4. The summed E-state index contributed by atoms with van der Waals surface area (Å²) in [5.74, 6) is -0.948. The molecule has 1 atom stereocenters. The van der Waals surface area contributed by atoms with Crippen molar-refractivity contribution in [2.45, 2.75) is 46.2 Å². The van der Waals surface area contributed by atoms with Crippen molar-refractivity contribution in [2.75, 3.05) is 0 Å². The summed E-state index contributed by atoms with van der Waals surface area (Å²) in [6.07, 6.45) is 5.73. The van der Waals surface area contributed by atoms with E-state index in [1.807, 2.05) is 55.5 Å². The van der Waals surface area contributed by atoms with Crippen molar-refractivity contribution in [3.8, 4) is 21.7 Å². The number of hydrogen-bond acceptors (Lipinski definition) is 6. The van der Waals surface area contributed by atoms with Crippen LogP contribution < -0.4 is 0 Å². The van der Waals surface area contributed by atoms with Crippen LogP contribution in [0.5, 0.6) is 0 Å². The standard InChI is InChI=1S/C14H11N3S.C11H11NO3.C3H8/c1-10-17-13(11-5-3-2-4-6-11)14(18-10)12-7-8-15-16-9-12;13-7-12-6-9-4-2-1-3-8(9)5-10(12)11(14)15;1-3-2/h2-9H,1H3;1-4,7,10H,5-6H2,(H,14,15);3H2,1-2H3/t;10-;/m.0./s1. The Morgan fingerprint density at radius 3 is 2.31 bits per heavy atom. The molecule has 0 aliphatic carbocycles. The molecule has 1 aliphatic heterocycles. The maximum Gasteiger partial charge on any atom is 0.326 e. The lowest BCUT2D eigenvalue weighted by atomic mass is 9.94. The second kappa shape index (κ2) is 13.3. The van der Waals surface area contributed by atoms with Gasteiger partial charge in [0, 0.05) is 24.1 Å². The van der Waals surface area contributed by atoms with Crippen LogP contribution in [0, 0.1) is 6.92 Å². The van der Waals surface area contributed by atoms with Crippen molar-refractivity contribution < 1.29 is 14.7 Å². The number of carboxylic acid groups (broad SMARTS) is 1. The molecule has 1 aliphatic rings. The van der Waals surface area contributed by atoms with Crippen LogP contribution >= 0.6 is 11.3 Å². The Kier molecular flexibility index (Phi) is 9.82. The molecular weight excluding hydrogens is 472 g/mol. The molecule has 3 heterocycles. The number of benzene rings is 2. The molecule has 1 N–H and O–H groups in total. The van der Waals surface area contributed by atoms with E-state index in [9.17, 15) is 9.59 Å². The third kappa shape index (κ3) is 6.82. The predicted molar refractivity (Wildman–Crippen MR) is 142 cm³/mol. The van der Waals surface area contributed by atoms with Gasteiger partial charge in [-0.1, -0.05) is 74.9 Å². The second-order valence-electron chi connectivity index (χ2n) is 8.22. The highest BCUT2D eigenvalue weighted by Crippen LogP contribution is 2.35. The summed E-state index contributed by atoms with van der Waals surface area (Å²) in [7, 11) is 0. The fraction of sp³-hybridized carbons (Fsp3) is 0.250. The van der Waals surface area contributed by atoms with E-state index in [0.29, 0.717) is 19.4 Å². The predicted octanol–water partition coefficient (Wildman–Crippen LogP) is 5.65. The van der Waals surface area contributed by atoms with Gasteiger partial charge in [0.2, 0.25) is 6.41 Å². The lowest BCUT2D eigenvalue weighted by Gasteiger charge is -2.31. The number of aromatic nitrogens is 3. The van der Waals surface area contributed by atoms with E-state index in [2.05, 4.69) is 41.2 Å². The summed E-state index contributed by atoms with van der Waals surface area (Å²) >= 11 is 1.68. The highest BCUT2D eigenvalue weighted by molar-refractivity contribution is 7.15. The minimum Gasteiger partial charge on any atom is -0.480 e. The van der Waals surface area contributed by atoms with Gasteiger partial charge in [0.25, 0.3) is 0 Å². The number of nitrogens with zero attached hydrogens (tertiary/aromatic N) is 4. The normalized spacial score (nSPS) is 13.9. The number of carbonyl (C=O) groups is 2.